The monoisotopic (exact) mass is 171 g/mol. The lowest BCUT2D eigenvalue weighted by Gasteiger charge is -2.07. The van der Waals surface area contributed by atoms with Gasteiger partial charge in [-0.3, -0.25) is 0 Å². The zero-order chi connectivity index (χ0) is 8.10. The van der Waals surface area contributed by atoms with E-state index in [0.717, 1.165) is 12.8 Å². The molecular formula is C8H13NOS. The lowest BCUT2D eigenvalue weighted by molar-refractivity contribution is 0.661. The van der Waals surface area contributed by atoms with Crippen molar-refractivity contribution in [3.8, 4) is 12.3 Å². The van der Waals surface area contributed by atoms with Crippen molar-refractivity contribution in [1.82, 2.24) is 4.72 Å². The summed E-state index contributed by atoms with van der Waals surface area (Å²) in [4.78, 5) is 0. The van der Waals surface area contributed by atoms with E-state index in [2.05, 4.69) is 10.6 Å². The van der Waals surface area contributed by atoms with Crippen molar-refractivity contribution < 1.29 is 4.21 Å². The van der Waals surface area contributed by atoms with Gasteiger partial charge in [0.2, 0.25) is 0 Å². The molecule has 0 spiro atoms. The molecule has 1 aliphatic carbocycles. The molecule has 0 aromatic heterocycles. The van der Waals surface area contributed by atoms with Crippen LogP contribution in [0.1, 0.15) is 25.7 Å². The van der Waals surface area contributed by atoms with Gasteiger partial charge < -0.3 is 0 Å². The van der Waals surface area contributed by atoms with Crippen LogP contribution in [0.15, 0.2) is 0 Å². The SMILES string of the molecule is C#CCNS(=O)C1CCCC1. The smallest absolute Gasteiger partial charge is 0.0956 e. The third-order valence-electron chi connectivity index (χ3n) is 1.92. The second-order valence-corrected chi connectivity index (χ2v) is 4.28. The maximum atomic E-state index is 11.3. The lowest BCUT2D eigenvalue weighted by Crippen LogP contribution is -2.26. The highest BCUT2D eigenvalue weighted by Crippen LogP contribution is 2.21. The average molecular weight is 171 g/mol. The molecule has 0 radical (unpaired) electrons. The first-order valence-electron chi connectivity index (χ1n) is 3.92. The summed E-state index contributed by atoms with van der Waals surface area (Å²) in [5.74, 6) is 2.42. The van der Waals surface area contributed by atoms with Gasteiger partial charge in [-0.2, -0.15) is 0 Å². The molecular weight excluding hydrogens is 158 g/mol. The molecule has 62 valence electrons. The average Bonchev–Trinajstić information content (AvgIpc) is 2.52. The van der Waals surface area contributed by atoms with Gasteiger partial charge in [-0.1, -0.05) is 18.8 Å². The van der Waals surface area contributed by atoms with Crippen LogP contribution in [0, 0.1) is 12.3 Å². The Bertz CT molecular complexity index is 179. The standard InChI is InChI=1S/C8H13NOS/c1-2-7-9-11(10)8-5-3-4-6-8/h1,8-9H,3-7H2. The summed E-state index contributed by atoms with van der Waals surface area (Å²) in [6.07, 6.45) is 9.64. The van der Waals surface area contributed by atoms with Crippen molar-refractivity contribution in [2.75, 3.05) is 6.54 Å². The van der Waals surface area contributed by atoms with E-state index < -0.39 is 11.0 Å². The predicted molar refractivity (Wildman–Crippen MR) is 47.2 cm³/mol. The third kappa shape index (κ3) is 2.64. The first-order valence-corrected chi connectivity index (χ1v) is 5.13. The van der Waals surface area contributed by atoms with Gasteiger partial charge in [0.25, 0.3) is 0 Å². The quantitative estimate of drug-likeness (QED) is 0.626. The van der Waals surface area contributed by atoms with Gasteiger partial charge in [0, 0.05) is 5.25 Å². The Kier molecular flexibility index (Phi) is 3.61. The zero-order valence-corrected chi connectivity index (χ0v) is 7.32. The van der Waals surface area contributed by atoms with Crippen LogP contribution in [-0.4, -0.2) is 16.0 Å². The molecule has 1 rings (SSSR count). The maximum Gasteiger partial charge on any atom is 0.0956 e. The minimum absolute atomic E-state index is 0.350. The van der Waals surface area contributed by atoms with Crippen molar-refractivity contribution in [2.45, 2.75) is 30.9 Å². The normalized spacial score (nSPS) is 21.4. The van der Waals surface area contributed by atoms with E-state index in [0.29, 0.717) is 11.8 Å². The van der Waals surface area contributed by atoms with E-state index in [9.17, 15) is 4.21 Å². The van der Waals surface area contributed by atoms with Crippen molar-refractivity contribution in [3.63, 3.8) is 0 Å². The van der Waals surface area contributed by atoms with Gasteiger partial charge in [0.05, 0.1) is 17.5 Å². The van der Waals surface area contributed by atoms with Crippen LogP contribution in [0.2, 0.25) is 0 Å². The van der Waals surface area contributed by atoms with Gasteiger partial charge in [-0.15, -0.1) is 6.42 Å². The summed E-state index contributed by atoms with van der Waals surface area (Å²) in [6, 6.07) is 0. The molecule has 1 unspecified atom stereocenters. The third-order valence-corrected chi connectivity index (χ3v) is 3.43. The predicted octanol–water partition coefficient (Wildman–Crippen LogP) is 0.815. The number of hydrogen-bond donors (Lipinski definition) is 1. The van der Waals surface area contributed by atoms with Crippen molar-refractivity contribution in [1.29, 1.82) is 0 Å². The van der Waals surface area contributed by atoms with Crippen molar-refractivity contribution in [2.24, 2.45) is 0 Å². The Morgan fingerprint density at radius 2 is 2.18 bits per heavy atom. The van der Waals surface area contributed by atoms with E-state index in [-0.39, 0.29) is 0 Å². The Balaban J connectivity index is 2.24. The number of nitrogens with one attached hydrogen (secondary N) is 1. The van der Waals surface area contributed by atoms with Gasteiger partial charge >= 0.3 is 0 Å². The fraction of sp³-hybridized carbons (Fsp3) is 0.750. The molecule has 0 amide bonds. The lowest BCUT2D eigenvalue weighted by atomic mass is 10.4. The van der Waals surface area contributed by atoms with Gasteiger partial charge in [-0.05, 0) is 12.8 Å². The highest BCUT2D eigenvalue weighted by atomic mass is 32.2. The van der Waals surface area contributed by atoms with E-state index >= 15 is 0 Å². The van der Waals surface area contributed by atoms with Crippen LogP contribution in [-0.2, 0) is 11.0 Å². The molecule has 0 aromatic rings. The second kappa shape index (κ2) is 4.53. The molecule has 0 bridgehead atoms. The van der Waals surface area contributed by atoms with Crippen molar-refractivity contribution in [3.05, 3.63) is 0 Å². The molecule has 0 heterocycles. The molecule has 1 fully saturated rings. The molecule has 0 aromatic carbocycles. The molecule has 1 saturated carbocycles. The van der Waals surface area contributed by atoms with Crippen LogP contribution in [0.4, 0.5) is 0 Å². The Morgan fingerprint density at radius 3 is 2.73 bits per heavy atom. The molecule has 1 N–H and O–H groups in total. The van der Waals surface area contributed by atoms with Gasteiger partial charge in [-0.25, -0.2) is 8.93 Å². The summed E-state index contributed by atoms with van der Waals surface area (Å²) in [7, 11) is -0.888. The van der Waals surface area contributed by atoms with Crippen molar-refractivity contribution >= 4 is 11.0 Å². The Hall–Kier alpha value is -0.330. The molecule has 0 aliphatic heterocycles. The molecule has 1 atom stereocenters. The minimum atomic E-state index is -0.888. The fourth-order valence-electron chi connectivity index (χ4n) is 1.33. The zero-order valence-electron chi connectivity index (χ0n) is 6.51. The number of rotatable bonds is 3. The van der Waals surface area contributed by atoms with E-state index in [4.69, 9.17) is 6.42 Å². The summed E-state index contributed by atoms with van der Waals surface area (Å²) in [5.41, 5.74) is 0. The highest BCUT2D eigenvalue weighted by Gasteiger charge is 2.20. The molecule has 11 heavy (non-hydrogen) atoms. The molecule has 1 aliphatic rings. The summed E-state index contributed by atoms with van der Waals surface area (Å²) < 4.78 is 14.1. The van der Waals surface area contributed by atoms with Gasteiger partial charge in [0.1, 0.15) is 0 Å². The summed E-state index contributed by atoms with van der Waals surface area (Å²) in [6.45, 7) is 0.420. The summed E-state index contributed by atoms with van der Waals surface area (Å²) in [5, 5.41) is 0.350. The van der Waals surface area contributed by atoms with E-state index in [1.54, 1.807) is 0 Å². The Morgan fingerprint density at radius 1 is 1.55 bits per heavy atom. The van der Waals surface area contributed by atoms with Crippen LogP contribution in [0.3, 0.4) is 0 Å². The van der Waals surface area contributed by atoms with Crippen LogP contribution >= 0.6 is 0 Å². The topological polar surface area (TPSA) is 29.1 Å². The van der Waals surface area contributed by atoms with Crippen LogP contribution in [0.25, 0.3) is 0 Å². The Labute approximate surface area is 70.3 Å². The number of hydrogen-bond acceptors (Lipinski definition) is 1. The van der Waals surface area contributed by atoms with E-state index in [1.165, 1.54) is 12.8 Å². The maximum absolute atomic E-state index is 11.3. The molecule has 0 saturated heterocycles. The molecule has 3 heteroatoms. The van der Waals surface area contributed by atoms with Crippen LogP contribution in [0.5, 0.6) is 0 Å². The molecule has 2 nitrogen and oxygen atoms in total. The first kappa shape index (κ1) is 8.76. The van der Waals surface area contributed by atoms with Gasteiger partial charge in [0.15, 0.2) is 0 Å². The fourth-order valence-corrected chi connectivity index (χ4v) is 2.56. The second-order valence-electron chi connectivity index (χ2n) is 2.73. The summed E-state index contributed by atoms with van der Waals surface area (Å²) >= 11 is 0. The largest absolute Gasteiger partial charge is 0.243 e. The number of terminal acetylenes is 1. The first-order chi connectivity index (χ1) is 5.34. The minimum Gasteiger partial charge on any atom is -0.243 e. The van der Waals surface area contributed by atoms with E-state index in [1.807, 2.05) is 0 Å². The van der Waals surface area contributed by atoms with Crippen LogP contribution < -0.4 is 4.72 Å². The highest BCUT2D eigenvalue weighted by molar-refractivity contribution is 7.83.